The summed E-state index contributed by atoms with van der Waals surface area (Å²) in [4.78, 5) is 20.1. The molecule has 3 aliphatic heterocycles. The number of rotatable bonds is 5. The molecule has 0 saturated carbocycles. The maximum absolute atomic E-state index is 12.9. The van der Waals surface area contributed by atoms with Crippen molar-refractivity contribution in [2.75, 3.05) is 52.5 Å². The van der Waals surface area contributed by atoms with Gasteiger partial charge in [0.05, 0.1) is 25.3 Å². The molecule has 0 bridgehead atoms. The van der Waals surface area contributed by atoms with Crippen molar-refractivity contribution in [2.45, 2.75) is 51.7 Å². The third kappa shape index (κ3) is 4.75. The first-order valence-electron chi connectivity index (χ1n) is 11.1. The van der Waals surface area contributed by atoms with Crippen LogP contribution in [0.4, 0.5) is 0 Å². The summed E-state index contributed by atoms with van der Waals surface area (Å²) < 4.78 is 7.40. The molecule has 28 heavy (non-hydrogen) atoms. The predicted molar refractivity (Wildman–Crippen MR) is 108 cm³/mol. The SMILES string of the molecule is CCn1cc(CN2CCC(N3CCC[C@@H](C(=O)N4CCOCC4)C3)CC2)cn1. The molecule has 1 amide bonds. The van der Waals surface area contributed by atoms with Crippen molar-refractivity contribution >= 4 is 5.91 Å². The minimum absolute atomic E-state index is 0.185. The standard InChI is InChI=1S/C21H35N5O2/c1-2-26-16-18(14-22-26)15-23-8-5-20(6-9-23)25-7-3-4-19(17-25)21(27)24-10-12-28-13-11-24/h14,16,19-20H,2-13,15,17H2,1H3/t19-/m1/s1. The van der Waals surface area contributed by atoms with Gasteiger partial charge < -0.3 is 9.64 Å². The average molecular weight is 390 g/mol. The Morgan fingerprint density at radius 3 is 2.64 bits per heavy atom. The molecule has 3 aliphatic rings. The molecule has 0 N–H and O–H groups in total. The maximum atomic E-state index is 12.9. The molecule has 7 nitrogen and oxygen atoms in total. The number of carbonyl (C=O) groups is 1. The second-order valence-corrected chi connectivity index (χ2v) is 8.48. The summed E-state index contributed by atoms with van der Waals surface area (Å²) in [5.74, 6) is 0.545. The van der Waals surface area contributed by atoms with Crippen LogP contribution in [-0.2, 0) is 22.6 Å². The highest BCUT2D eigenvalue weighted by Gasteiger charge is 2.33. The van der Waals surface area contributed by atoms with Crippen LogP contribution in [0.15, 0.2) is 12.4 Å². The van der Waals surface area contributed by atoms with Gasteiger partial charge in [0.1, 0.15) is 0 Å². The minimum atomic E-state index is 0.185. The number of amides is 1. The highest BCUT2D eigenvalue weighted by Crippen LogP contribution is 2.26. The molecule has 1 atom stereocenters. The van der Waals surface area contributed by atoms with Gasteiger partial charge in [0.25, 0.3) is 0 Å². The van der Waals surface area contributed by atoms with Crippen molar-refractivity contribution in [3.8, 4) is 0 Å². The summed E-state index contributed by atoms with van der Waals surface area (Å²) in [6.07, 6.45) is 8.78. The molecule has 156 valence electrons. The number of ether oxygens (including phenoxy) is 1. The summed E-state index contributed by atoms with van der Waals surface area (Å²) in [6.45, 7) is 11.4. The Labute approximate surface area is 168 Å². The fourth-order valence-corrected chi connectivity index (χ4v) is 4.94. The number of hydrogen-bond donors (Lipinski definition) is 0. The number of aryl methyl sites for hydroxylation is 1. The first-order chi connectivity index (χ1) is 13.7. The van der Waals surface area contributed by atoms with Crippen molar-refractivity contribution in [2.24, 2.45) is 5.92 Å². The molecule has 0 aromatic carbocycles. The highest BCUT2D eigenvalue weighted by molar-refractivity contribution is 5.79. The van der Waals surface area contributed by atoms with Crippen molar-refractivity contribution in [3.63, 3.8) is 0 Å². The van der Waals surface area contributed by atoms with Gasteiger partial charge in [-0.1, -0.05) is 0 Å². The van der Waals surface area contributed by atoms with Crippen molar-refractivity contribution in [3.05, 3.63) is 18.0 Å². The van der Waals surface area contributed by atoms with Gasteiger partial charge in [0, 0.05) is 50.5 Å². The summed E-state index contributed by atoms with van der Waals surface area (Å²) in [5.41, 5.74) is 1.31. The Morgan fingerprint density at radius 2 is 1.93 bits per heavy atom. The van der Waals surface area contributed by atoms with Crippen LogP contribution >= 0.6 is 0 Å². The van der Waals surface area contributed by atoms with Gasteiger partial charge in [-0.3, -0.25) is 19.3 Å². The fraction of sp³-hybridized carbons (Fsp3) is 0.810. The van der Waals surface area contributed by atoms with E-state index in [0.29, 0.717) is 25.2 Å². The molecule has 0 unspecified atom stereocenters. The monoisotopic (exact) mass is 389 g/mol. The maximum Gasteiger partial charge on any atom is 0.227 e. The second-order valence-electron chi connectivity index (χ2n) is 8.48. The van der Waals surface area contributed by atoms with Gasteiger partial charge >= 0.3 is 0 Å². The molecule has 0 aliphatic carbocycles. The lowest BCUT2D eigenvalue weighted by atomic mass is 9.92. The molecule has 1 aromatic rings. The van der Waals surface area contributed by atoms with E-state index in [-0.39, 0.29) is 5.92 Å². The average Bonchev–Trinajstić information content (AvgIpc) is 3.22. The van der Waals surface area contributed by atoms with E-state index in [9.17, 15) is 4.79 Å². The first kappa shape index (κ1) is 19.9. The number of nitrogens with zero attached hydrogens (tertiary/aromatic N) is 5. The zero-order valence-electron chi connectivity index (χ0n) is 17.3. The lowest BCUT2D eigenvalue weighted by molar-refractivity contribution is -0.142. The minimum Gasteiger partial charge on any atom is -0.378 e. The van der Waals surface area contributed by atoms with Gasteiger partial charge in [-0.05, 0) is 52.2 Å². The van der Waals surface area contributed by atoms with Gasteiger partial charge in [-0.15, -0.1) is 0 Å². The first-order valence-corrected chi connectivity index (χ1v) is 11.1. The van der Waals surface area contributed by atoms with Crippen LogP contribution in [0.25, 0.3) is 0 Å². The molecule has 0 radical (unpaired) electrons. The van der Waals surface area contributed by atoms with E-state index in [1.807, 2.05) is 15.8 Å². The van der Waals surface area contributed by atoms with E-state index in [2.05, 4.69) is 28.0 Å². The van der Waals surface area contributed by atoms with E-state index in [1.165, 1.54) is 18.4 Å². The molecule has 4 heterocycles. The van der Waals surface area contributed by atoms with Crippen molar-refractivity contribution < 1.29 is 9.53 Å². The van der Waals surface area contributed by atoms with E-state index in [1.54, 1.807) is 0 Å². The quantitative estimate of drug-likeness (QED) is 0.763. The van der Waals surface area contributed by atoms with Gasteiger partial charge in [-0.2, -0.15) is 5.10 Å². The summed E-state index contributed by atoms with van der Waals surface area (Å²) in [6, 6.07) is 0.634. The third-order valence-electron chi connectivity index (χ3n) is 6.62. The summed E-state index contributed by atoms with van der Waals surface area (Å²) in [7, 11) is 0. The molecular formula is C21H35N5O2. The molecule has 3 saturated heterocycles. The molecule has 1 aromatic heterocycles. The van der Waals surface area contributed by atoms with Crippen LogP contribution in [0, 0.1) is 5.92 Å². The van der Waals surface area contributed by atoms with Crippen molar-refractivity contribution in [1.82, 2.24) is 24.5 Å². The normalized spacial score (nSPS) is 25.9. The molecule has 0 spiro atoms. The Bertz CT molecular complexity index is 634. The van der Waals surface area contributed by atoms with E-state index in [4.69, 9.17) is 4.74 Å². The van der Waals surface area contributed by atoms with E-state index in [0.717, 1.165) is 65.2 Å². The Balaban J connectivity index is 1.25. The number of hydrogen-bond acceptors (Lipinski definition) is 5. The zero-order valence-corrected chi connectivity index (χ0v) is 17.3. The number of morpholine rings is 1. The third-order valence-corrected chi connectivity index (χ3v) is 6.62. The predicted octanol–water partition coefficient (Wildman–Crippen LogP) is 1.44. The number of aromatic nitrogens is 2. The van der Waals surface area contributed by atoms with Crippen LogP contribution in [-0.4, -0.2) is 88.9 Å². The van der Waals surface area contributed by atoms with Gasteiger partial charge in [0.2, 0.25) is 5.91 Å². The Hall–Kier alpha value is -1.44. The van der Waals surface area contributed by atoms with Crippen LogP contribution in [0.3, 0.4) is 0 Å². The number of likely N-dealkylation sites (tertiary alicyclic amines) is 2. The molecule has 3 fully saturated rings. The van der Waals surface area contributed by atoms with Crippen LogP contribution in [0.1, 0.15) is 38.2 Å². The van der Waals surface area contributed by atoms with Gasteiger partial charge in [0.15, 0.2) is 0 Å². The summed E-state index contributed by atoms with van der Waals surface area (Å²) >= 11 is 0. The van der Waals surface area contributed by atoms with Crippen molar-refractivity contribution in [1.29, 1.82) is 0 Å². The molecule has 7 heteroatoms. The highest BCUT2D eigenvalue weighted by atomic mass is 16.5. The van der Waals surface area contributed by atoms with E-state index < -0.39 is 0 Å². The van der Waals surface area contributed by atoms with Crippen LogP contribution in [0.5, 0.6) is 0 Å². The second kappa shape index (κ2) is 9.37. The Kier molecular flexibility index (Phi) is 6.65. The zero-order chi connectivity index (χ0) is 19.3. The number of piperidine rings is 2. The Morgan fingerprint density at radius 1 is 1.14 bits per heavy atom. The topological polar surface area (TPSA) is 53.8 Å². The van der Waals surface area contributed by atoms with Crippen LogP contribution in [0.2, 0.25) is 0 Å². The summed E-state index contributed by atoms with van der Waals surface area (Å²) in [5, 5.41) is 4.39. The lowest BCUT2D eigenvalue weighted by Gasteiger charge is -2.43. The molecule has 4 rings (SSSR count). The van der Waals surface area contributed by atoms with Crippen LogP contribution < -0.4 is 0 Å². The smallest absolute Gasteiger partial charge is 0.227 e. The fourth-order valence-electron chi connectivity index (χ4n) is 4.94. The van der Waals surface area contributed by atoms with Gasteiger partial charge in [-0.25, -0.2) is 0 Å². The largest absolute Gasteiger partial charge is 0.378 e. The number of carbonyl (C=O) groups excluding carboxylic acids is 1. The van der Waals surface area contributed by atoms with E-state index >= 15 is 0 Å². The molecular weight excluding hydrogens is 354 g/mol. The lowest BCUT2D eigenvalue weighted by Crippen LogP contribution is -2.52.